The second-order valence-corrected chi connectivity index (χ2v) is 5.95. The van der Waals surface area contributed by atoms with Crippen molar-refractivity contribution in [2.24, 2.45) is 0 Å². The van der Waals surface area contributed by atoms with Crippen molar-refractivity contribution in [3.8, 4) is 0 Å². The largest absolute Gasteiger partial charge is 0.478 e. The summed E-state index contributed by atoms with van der Waals surface area (Å²) in [6, 6.07) is 4.26. The molecule has 3 aromatic rings. The van der Waals surface area contributed by atoms with Gasteiger partial charge in [-0.15, -0.1) is 0 Å². The molecule has 0 atom stereocenters. The van der Waals surface area contributed by atoms with Crippen molar-refractivity contribution < 1.29 is 14.3 Å². The molecule has 0 bridgehead atoms. The number of pyridine rings is 1. The van der Waals surface area contributed by atoms with Crippen LogP contribution in [0.4, 0.5) is 21.6 Å². The van der Waals surface area contributed by atoms with Crippen molar-refractivity contribution in [3.05, 3.63) is 53.4 Å². The first kappa shape index (κ1) is 15.9. The van der Waals surface area contributed by atoms with Crippen LogP contribution in [0.2, 0.25) is 0 Å². The number of aryl methyl sites for hydroxylation is 1. The van der Waals surface area contributed by atoms with E-state index in [0.717, 1.165) is 10.9 Å². The number of aromatic nitrogens is 3. The van der Waals surface area contributed by atoms with E-state index in [2.05, 4.69) is 20.3 Å². The zero-order chi connectivity index (χ0) is 18.3. The van der Waals surface area contributed by atoms with Crippen molar-refractivity contribution in [2.75, 3.05) is 11.1 Å². The monoisotopic (exact) mass is 351 g/mol. The van der Waals surface area contributed by atoms with Crippen LogP contribution in [0.3, 0.4) is 0 Å². The summed E-state index contributed by atoms with van der Waals surface area (Å²) >= 11 is 0. The Kier molecular flexibility index (Phi) is 3.72. The van der Waals surface area contributed by atoms with Gasteiger partial charge in [-0.05, 0) is 42.7 Å². The maximum Gasteiger partial charge on any atom is 0.331 e. The van der Waals surface area contributed by atoms with E-state index in [1.807, 2.05) is 0 Å². The van der Waals surface area contributed by atoms with Gasteiger partial charge in [-0.3, -0.25) is 0 Å². The lowest BCUT2D eigenvalue weighted by molar-refractivity contribution is -0.132. The first-order valence-corrected chi connectivity index (χ1v) is 7.91. The van der Waals surface area contributed by atoms with E-state index in [-0.39, 0.29) is 5.69 Å². The van der Waals surface area contributed by atoms with Crippen molar-refractivity contribution in [3.63, 3.8) is 0 Å². The first-order valence-electron chi connectivity index (χ1n) is 7.91. The number of nitrogen functional groups attached to an aromatic ring is 1. The minimum atomic E-state index is -0.956. The summed E-state index contributed by atoms with van der Waals surface area (Å²) in [6.07, 6.45) is 5.65. The van der Waals surface area contributed by atoms with Gasteiger partial charge in [-0.2, -0.15) is 0 Å². The molecular formula is C18H14FN5O2. The number of nitrogens with two attached hydrogens (primary N) is 1. The molecule has 0 amide bonds. The molecule has 0 saturated carbocycles. The molecule has 1 aliphatic rings. The zero-order valence-electron chi connectivity index (χ0n) is 13.5. The molecule has 0 saturated heterocycles. The van der Waals surface area contributed by atoms with E-state index >= 15 is 0 Å². The number of aliphatic carboxylic acids is 1. The molecular weight excluding hydrogens is 337 g/mol. The second kappa shape index (κ2) is 6.07. The second-order valence-electron chi connectivity index (χ2n) is 5.95. The van der Waals surface area contributed by atoms with Gasteiger partial charge in [-0.1, -0.05) is 0 Å². The lowest BCUT2D eigenvalue weighted by atomic mass is 9.93. The third-order valence-electron chi connectivity index (χ3n) is 4.29. The predicted octanol–water partition coefficient (Wildman–Crippen LogP) is 2.90. The number of benzene rings is 1. The fourth-order valence-electron chi connectivity index (χ4n) is 3.01. The summed E-state index contributed by atoms with van der Waals surface area (Å²) in [4.78, 5) is 24.2. The molecule has 2 heterocycles. The standard InChI is InChI=1S/C18H14FN5O2/c19-13-4-2-10(6-14(13)20)23-17-16-12(7-21-8-22-16)11-3-1-9(18(25)26)5-15(11)24-17/h2,4-8H,1,3,20H2,(H,23,24)(H,25,26). The lowest BCUT2D eigenvalue weighted by Crippen LogP contribution is -2.11. The van der Waals surface area contributed by atoms with Gasteiger partial charge < -0.3 is 16.2 Å². The average molecular weight is 351 g/mol. The Labute approximate surface area is 147 Å². The highest BCUT2D eigenvalue weighted by Gasteiger charge is 2.21. The number of carboxylic acid groups (broad SMARTS) is 1. The van der Waals surface area contributed by atoms with Crippen LogP contribution in [0.15, 0.2) is 36.3 Å². The van der Waals surface area contributed by atoms with E-state index in [4.69, 9.17) is 5.73 Å². The van der Waals surface area contributed by atoms with E-state index in [1.165, 1.54) is 18.5 Å². The van der Waals surface area contributed by atoms with Gasteiger partial charge >= 0.3 is 5.97 Å². The van der Waals surface area contributed by atoms with Crippen LogP contribution in [0.1, 0.15) is 17.7 Å². The third-order valence-corrected chi connectivity index (χ3v) is 4.29. The Hall–Kier alpha value is -3.55. The number of nitrogens with one attached hydrogen (secondary N) is 1. The van der Waals surface area contributed by atoms with Gasteiger partial charge in [0.2, 0.25) is 0 Å². The number of fused-ring (bicyclic) bond motifs is 3. The Morgan fingerprint density at radius 2 is 2.15 bits per heavy atom. The number of hydrogen-bond donors (Lipinski definition) is 3. The molecule has 0 fully saturated rings. The molecule has 4 N–H and O–H groups in total. The number of nitrogens with zero attached hydrogens (tertiary/aromatic N) is 3. The molecule has 0 radical (unpaired) electrons. The fourth-order valence-corrected chi connectivity index (χ4v) is 3.01. The summed E-state index contributed by atoms with van der Waals surface area (Å²) in [7, 11) is 0. The maximum atomic E-state index is 13.4. The van der Waals surface area contributed by atoms with Crippen LogP contribution in [-0.2, 0) is 11.2 Å². The molecule has 26 heavy (non-hydrogen) atoms. The molecule has 8 heteroatoms. The Balaban J connectivity index is 1.87. The van der Waals surface area contributed by atoms with Gasteiger partial charge in [0.1, 0.15) is 17.7 Å². The minimum Gasteiger partial charge on any atom is -0.478 e. The van der Waals surface area contributed by atoms with Crippen molar-refractivity contribution >= 4 is 40.1 Å². The number of carbonyl (C=O) groups is 1. The quantitative estimate of drug-likeness (QED) is 0.622. The highest BCUT2D eigenvalue weighted by atomic mass is 19.1. The SMILES string of the molecule is Nc1cc(Nc2nc3c(c4cncnc24)CCC(C(=O)O)=C3)ccc1F. The zero-order valence-corrected chi connectivity index (χ0v) is 13.5. The Morgan fingerprint density at radius 1 is 1.31 bits per heavy atom. The summed E-state index contributed by atoms with van der Waals surface area (Å²) in [6.45, 7) is 0. The van der Waals surface area contributed by atoms with Crippen molar-refractivity contribution in [1.29, 1.82) is 0 Å². The van der Waals surface area contributed by atoms with Crippen molar-refractivity contribution in [2.45, 2.75) is 12.8 Å². The highest BCUT2D eigenvalue weighted by molar-refractivity contribution is 5.98. The van der Waals surface area contributed by atoms with Crippen LogP contribution < -0.4 is 11.1 Å². The Bertz CT molecular complexity index is 1080. The normalized spacial score (nSPS) is 13.2. The maximum absolute atomic E-state index is 13.4. The molecule has 0 spiro atoms. The topological polar surface area (TPSA) is 114 Å². The first-order chi connectivity index (χ1) is 12.5. The van der Waals surface area contributed by atoms with Gasteiger partial charge in [0.25, 0.3) is 0 Å². The summed E-state index contributed by atoms with van der Waals surface area (Å²) in [5.74, 6) is -1.03. The molecule has 2 aromatic heterocycles. The highest BCUT2D eigenvalue weighted by Crippen LogP contribution is 2.33. The number of rotatable bonds is 3. The molecule has 0 aliphatic heterocycles. The lowest BCUT2D eigenvalue weighted by Gasteiger charge is -2.18. The van der Waals surface area contributed by atoms with Crippen molar-refractivity contribution in [1.82, 2.24) is 15.0 Å². The van der Waals surface area contributed by atoms with Crippen LogP contribution in [0.5, 0.6) is 0 Å². The van der Waals surface area contributed by atoms with Crippen LogP contribution in [-0.4, -0.2) is 26.0 Å². The number of halogens is 1. The van der Waals surface area contributed by atoms with Gasteiger partial charge in [-0.25, -0.2) is 24.1 Å². The van der Waals surface area contributed by atoms with Gasteiger partial charge in [0.05, 0.1) is 11.4 Å². The summed E-state index contributed by atoms with van der Waals surface area (Å²) < 4.78 is 13.4. The number of carboxylic acids is 1. The van der Waals surface area contributed by atoms with E-state index in [9.17, 15) is 14.3 Å². The fraction of sp³-hybridized carbons (Fsp3) is 0.111. The van der Waals surface area contributed by atoms with Gasteiger partial charge in [0.15, 0.2) is 5.82 Å². The molecule has 4 rings (SSSR count). The van der Waals surface area contributed by atoms with Gasteiger partial charge in [0, 0.05) is 22.8 Å². The van der Waals surface area contributed by atoms with E-state index < -0.39 is 11.8 Å². The molecule has 1 aliphatic carbocycles. The van der Waals surface area contributed by atoms with E-state index in [0.29, 0.717) is 41.1 Å². The summed E-state index contributed by atoms with van der Waals surface area (Å²) in [5.41, 5.74) is 8.56. The molecule has 1 aromatic carbocycles. The Morgan fingerprint density at radius 3 is 2.92 bits per heavy atom. The van der Waals surface area contributed by atoms with E-state index in [1.54, 1.807) is 18.3 Å². The van der Waals surface area contributed by atoms with Crippen LogP contribution >= 0.6 is 0 Å². The van der Waals surface area contributed by atoms with Crippen LogP contribution in [0.25, 0.3) is 17.0 Å². The smallest absolute Gasteiger partial charge is 0.331 e. The number of hydrogen-bond acceptors (Lipinski definition) is 6. The molecule has 0 unspecified atom stereocenters. The minimum absolute atomic E-state index is 0.0138. The number of anilines is 3. The van der Waals surface area contributed by atoms with Crippen LogP contribution in [0, 0.1) is 5.82 Å². The third kappa shape index (κ3) is 2.71. The average Bonchev–Trinajstić information content (AvgIpc) is 2.64. The predicted molar refractivity (Wildman–Crippen MR) is 95.4 cm³/mol. The molecule has 7 nitrogen and oxygen atoms in total. The molecule has 130 valence electrons. The summed E-state index contributed by atoms with van der Waals surface area (Å²) in [5, 5.41) is 13.1.